The Morgan fingerprint density at radius 3 is 2.21 bits per heavy atom. The van der Waals surface area contributed by atoms with Gasteiger partial charge in [0, 0.05) is 5.56 Å². The molecule has 0 fully saturated rings. The largest absolute Gasteiger partial charge is 0.496 e. The second kappa shape index (κ2) is 6.68. The average Bonchev–Trinajstić information content (AvgIpc) is 2.95. The van der Waals surface area contributed by atoms with Crippen LogP contribution >= 0.6 is 0 Å². The molecular formula is C21H34OSi2. The van der Waals surface area contributed by atoms with Crippen molar-refractivity contribution in [2.24, 2.45) is 0 Å². The Morgan fingerprint density at radius 1 is 1.12 bits per heavy atom. The van der Waals surface area contributed by atoms with Gasteiger partial charge in [0.2, 0.25) is 0 Å². The van der Waals surface area contributed by atoms with E-state index in [9.17, 15) is 0 Å². The van der Waals surface area contributed by atoms with Crippen LogP contribution in [0, 0.1) is 6.92 Å². The van der Waals surface area contributed by atoms with Crippen molar-refractivity contribution in [3.8, 4) is 5.75 Å². The maximum Gasteiger partial charge on any atom is 0.125 e. The number of methoxy groups -OCH3 is 1. The molecule has 0 atom stereocenters. The molecule has 0 heterocycles. The number of rotatable bonds is 4. The number of aryl methyl sites for hydroxylation is 1. The first kappa shape index (κ1) is 19.3. The Bertz CT molecular complexity index is 689. The molecule has 0 spiro atoms. The second-order valence-electron chi connectivity index (χ2n) is 9.01. The minimum Gasteiger partial charge on any atom is -0.496 e. The summed E-state index contributed by atoms with van der Waals surface area (Å²) in [6, 6.07) is 4.68. The smallest absolute Gasteiger partial charge is 0.125 e. The summed E-state index contributed by atoms with van der Waals surface area (Å²) in [6.45, 7) is 19.1. The quantitative estimate of drug-likeness (QED) is 0.650. The Hall–Kier alpha value is -1.07. The molecule has 24 heavy (non-hydrogen) atoms. The van der Waals surface area contributed by atoms with Crippen molar-refractivity contribution in [1.29, 1.82) is 0 Å². The Balaban J connectivity index is 2.64. The summed E-state index contributed by atoms with van der Waals surface area (Å²) in [5, 5.41) is 3.40. The van der Waals surface area contributed by atoms with E-state index < -0.39 is 16.9 Å². The maximum atomic E-state index is 6.00. The van der Waals surface area contributed by atoms with Gasteiger partial charge in [0.05, 0.1) is 24.0 Å². The molecule has 1 nitrogen and oxygen atoms in total. The average molecular weight is 359 g/mol. The van der Waals surface area contributed by atoms with E-state index in [1.54, 1.807) is 5.20 Å². The summed E-state index contributed by atoms with van der Waals surface area (Å²) in [7, 11) is -0.546. The molecule has 0 saturated carbocycles. The Morgan fingerprint density at radius 2 is 1.75 bits per heavy atom. The number of benzene rings is 1. The van der Waals surface area contributed by atoms with Crippen molar-refractivity contribution in [2.45, 2.75) is 65.3 Å². The number of ether oxygens (including phenoxy) is 1. The molecule has 0 amide bonds. The van der Waals surface area contributed by atoms with Crippen molar-refractivity contribution in [1.82, 2.24) is 0 Å². The summed E-state index contributed by atoms with van der Waals surface area (Å²) in [4.78, 5) is 0. The van der Waals surface area contributed by atoms with Crippen molar-refractivity contribution < 1.29 is 4.74 Å². The minimum atomic E-state index is -1.66. The van der Waals surface area contributed by atoms with E-state index in [2.05, 4.69) is 78.2 Å². The number of hydrogen-bond donors (Lipinski definition) is 0. The predicted octanol–water partition coefficient (Wildman–Crippen LogP) is 5.46. The molecule has 0 unspecified atom stereocenters. The van der Waals surface area contributed by atoms with Gasteiger partial charge in [-0.15, -0.1) is 0 Å². The van der Waals surface area contributed by atoms with Crippen molar-refractivity contribution in [3.05, 3.63) is 40.6 Å². The van der Waals surface area contributed by atoms with Crippen LogP contribution < -0.4 is 9.92 Å². The van der Waals surface area contributed by atoms with Crippen LogP contribution in [0.15, 0.2) is 29.5 Å². The highest BCUT2D eigenvalue weighted by Crippen LogP contribution is 2.40. The molecule has 0 N–H and O–H groups in total. The highest BCUT2D eigenvalue weighted by atomic mass is 28.3. The normalized spacial score (nSPS) is 15.6. The van der Waals surface area contributed by atoms with Crippen LogP contribution in [0.2, 0.25) is 31.2 Å². The first-order chi connectivity index (χ1) is 11.0. The monoisotopic (exact) mass is 358 g/mol. The van der Waals surface area contributed by atoms with Gasteiger partial charge in [-0.2, -0.15) is 0 Å². The van der Waals surface area contributed by atoms with Crippen molar-refractivity contribution >= 4 is 27.6 Å². The van der Waals surface area contributed by atoms with Crippen LogP contribution in [0.4, 0.5) is 0 Å². The Labute approximate surface area is 151 Å². The molecule has 0 saturated heterocycles. The number of hydrogen-bond acceptors (Lipinski definition) is 1. The lowest BCUT2D eigenvalue weighted by Gasteiger charge is -2.38. The van der Waals surface area contributed by atoms with Crippen molar-refractivity contribution in [2.75, 3.05) is 7.11 Å². The van der Waals surface area contributed by atoms with Crippen LogP contribution in [0.5, 0.6) is 5.75 Å². The van der Waals surface area contributed by atoms with E-state index in [0.29, 0.717) is 5.04 Å². The van der Waals surface area contributed by atoms with E-state index in [1.165, 1.54) is 21.9 Å². The van der Waals surface area contributed by atoms with Crippen LogP contribution in [-0.4, -0.2) is 24.0 Å². The van der Waals surface area contributed by atoms with Crippen LogP contribution in [0.1, 0.15) is 38.3 Å². The summed E-state index contributed by atoms with van der Waals surface area (Å²) in [5.41, 5.74) is 4.00. The van der Waals surface area contributed by atoms with Crippen molar-refractivity contribution in [3.63, 3.8) is 0 Å². The summed E-state index contributed by atoms with van der Waals surface area (Å²) in [6.07, 6.45) is 5.96. The van der Waals surface area contributed by atoms with E-state index >= 15 is 0 Å². The molecule has 1 aromatic rings. The molecule has 0 aromatic heterocycles. The SMILES string of the molecule is COc1c(C2=CCC([SiH](C)C)=C2)cc(C)cc1[Si](C)(C)C(C)(C)C. The van der Waals surface area contributed by atoms with Gasteiger partial charge in [-0.25, -0.2) is 0 Å². The fourth-order valence-electron chi connectivity index (χ4n) is 3.21. The highest BCUT2D eigenvalue weighted by Gasteiger charge is 2.39. The molecule has 0 radical (unpaired) electrons. The zero-order valence-corrected chi connectivity index (χ0v) is 19.2. The van der Waals surface area contributed by atoms with Gasteiger partial charge in [-0.1, -0.05) is 75.9 Å². The summed E-state index contributed by atoms with van der Waals surface area (Å²) >= 11 is 0. The van der Waals surface area contributed by atoms with Gasteiger partial charge in [-0.3, -0.25) is 0 Å². The van der Waals surface area contributed by atoms with E-state index in [1.807, 2.05) is 7.11 Å². The lowest BCUT2D eigenvalue weighted by atomic mass is 10.0. The Kier molecular flexibility index (Phi) is 5.36. The standard InChI is InChI=1S/C21H34OSi2/c1-15-12-18(16-10-11-17(14-16)23(6)7)20(22-5)19(13-15)24(8,9)21(2,3)4/h10,12-14,23H,11H2,1-9H3. The molecule has 0 aliphatic heterocycles. The fourth-order valence-corrected chi connectivity index (χ4v) is 6.51. The zero-order valence-electron chi connectivity index (χ0n) is 17.0. The van der Waals surface area contributed by atoms with Crippen LogP contribution in [0.3, 0.4) is 0 Å². The predicted molar refractivity (Wildman–Crippen MR) is 114 cm³/mol. The van der Waals surface area contributed by atoms with E-state index in [4.69, 9.17) is 4.74 Å². The lowest BCUT2D eigenvalue weighted by Crippen LogP contribution is -2.50. The summed E-state index contributed by atoms with van der Waals surface area (Å²) in [5.74, 6) is 1.11. The topological polar surface area (TPSA) is 9.23 Å². The molecule has 1 aliphatic rings. The molecule has 3 heteroatoms. The number of allylic oxidation sites excluding steroid dienone is 4. The molecule has 1 aliphatic carbocycles. The first-order valence-corrected chi connectivity index (χ1v) is 15.0. The van der Waals surface area contributed by atoms with E-state index in [-0.39, 0.29) is 0 Å². The van der Waals surface area contributed by atoms with Gasteiger partial charge in [0.1, 0.15) is 5.75 Å². The third kappa shape index (κ3) is 3.47. The molecule has 1 aromatic carbocycles. The van der Waals surface area contributed by atoms with Gasteiger partial charge in [0.15, 0.2) is 0 Å². The second-order valence-corrected chi connectivity index (χ2v) is 17.3. The molecular weight excluding hydrogens is 324 g/mol. The van der Waals surface area contributed by atoms with Crippen LogP contribution in [0.25, 0.3) is 5.57 Å². The van der Waals surface area contributed by atoms with Gasteiger partial charge in [-0.05, 0) is 35.2 Å². The van der Waals surface area contributed by atoms with Gasteiger partial charge >= 0.3 is 0 Å². The third-order valence-electron chi connectivity index (χ3n) is 5.94. The highest BCUT2D eigenvalue weighted by molar-refractivity contribution is 6.92. The van der Waals surface area contributed by atoms with Gasteiger partial charge in [0.25, 0.3) is 0 Å². The minimum absolute atomic E-state index is 0.293. The first-order valence-electron chi connectivity index (χ1n) is 9.09. The summed E-state index contributed by atoms with van der Waals surface area (Å²) < 4.78 is 6.00. The van der Waals surface area contributed by atoms with E-state index in [0.717, 1.165) is 12.2 Å². The fraction of sp³-hybridized carbons (Fsp3) is 0.524. The lowest BCUT2D eigenvalue weighted by molar-refractivity contribution is 0.416. The van der Waals surface area contributed by atoms with Crippen LogP contribution in [-0.2, 0) is 0 Å². The molecule has 132 valence electrons. The van der Waals surface area contributed by atoms with Gasteiger partial charge < -0.3 is 4.74 Å². The molecule has 0 bridgehead atoms. The molecule has 2 rings (SSSR count). The third-order valence-corrected chi connectivity index (χ3v) is 13.3. The maximum absolute atomic E-state index is 6.00. The zero-order chi connectivity index (χ0) is 18.3.